The second-order valence-corrected chi connectivity index (χ2v) is 10.1. The van der Waals surface area contributed by atoms with Crippen molar-refractivity contribution < 1.29 is 5.11 Å². The van der Waals surface area contributed by atoms with Crippen LogP contribution in [0.4, 0.5) is 0 Å². The van der Waals surface area contributed by atoms with Crippen LogP contribution in [0, 0.1) is 0 Å². The predicted molar refractivity (Wildman–Crippen MR) is 152 cm³/mol. The van der Waals surface area contributed by atoms with Gasteiger partial charge in [0.2, 0.25) is 0 Å². The first-order valence-electron chi connectivity index (χ1n) is 12.2. The summed E-state index contributed by atoms with van der Waals surface area (Å²) in [5.41, 5.74) is 7.25. The summed E-state index contributed by atoms with van der Waals surface area (Å²) in [5.74, 6) is -0.0186. The SMILES string of the molecule is CC(O)CNCc1cc(-c2cccc(Cl)c2)c2cc(C(c3ccc(Cl)cc3)c3cccnc3)ccc2n1. The number of nitrogens with zero attached hydrogens (tertiary/aromatic N) is 2. The molecule has 3 aromatic carbocycles. The van der Waals surface area contributed by atoms with Crippen molar-refractivity contribution in [2.75, 3.05) is 6.54 Å². The van der Waals surface area contributed by atoms with Crippen molar-refractivity contribution in [1.82, 2.24) is 15.3 Å². The maximum Gasteiger partial charge on any atom is 0.0712 e. The van der Waals surface area contributed by atoms with Gasteiger partial charge in [-0.3, -0.25) is 9.97 Å². The van der Waals surface area contributed by atoms with Crippen LogP contribution >= 0.6 is 23.2 Å². The lowest BCUT2D eigenvalue weighted by molar-refractivity contribution is 0.191. The number of nitrogens with one attached hydrogen (secondary N) is 1. The molecule has 186 valence electrons. The highest BCUT2D eigenvalue weighted by molar-refractivity contribution is 6.31. The Morgan fingerprint density at radius 2 is 1.65 bits per heavy atom. The zero-order chi connectivity index (χ0) is 25.8. The van der Waals surface area contributed by atoms with Gasteiger partial charge in [0.1, 0.15) is 0 Å². The first-order chi connectivity index (χ1) is 18.0. The van der Waals surface area contributed by atoms with Crippen LogP contribution in [0.1, 0.15) is 35.2 Å². The highest BCUT2D eigenvalue weighted by Gasteiger charge is 2.19. The average molecular weight is 528 g/mol. The van der Waals surface area contributed by atoms with Gasteiger partial charge in [-0.15, -0.1) is 0 Å². The van der Waals surface area contributed by atoms with Crippen molar-refractivity contribution in [2.24, 2.45) is 0 Å². The van der Waals surface area contributed by atoms with E-state index in [0.29, 0.717) is 23.1 Å². The van der Waals surface area contributed by atoms with E-state index in [9.17, 15) is 5.11 Å². The summed E-state index contributed by atoms with van der Waals surface area (Å²) in [6, 6.07) is 28.5. The van der Waals surface area contributed by atoms with Gasteiger partial charge in [0.05, 0.1) is 17.3 Å². The normalized spacial score (nSPS) is 13.0. The third-order valence-corrected chi connectivity index (χ3v) is 6.81. The fourth-order valence-corrected chi connectivity index (χ4v) is 4.97. The van der Waals surface area contributed by atoms with Crippen LogP contribution in [0.25, 0.3) is 22.0 Å². The molecule has 5 aromatic rings. The number of rotatable bonds is 8. The van der Waals surface area contributed by atoms with Gasteiger partial charge >= 0.3 is 0 Å². The van der Waals surface area contributed by atoms with Crippen molar-refractivity contribution >= 4 is 34.1 Å². The molecule has 0 amide bonds. The lowest BCUT2D eigenvalue weighted by Crippen LogP contribution is -2.24. The van der Waals surface area contributed by atoms with E-state index >= 15 is 0 Å². The van der Waals surface area contributed by atoms with Crippen LogP contribution in [0.2, 0.25) is 10.0 Å². The summed E-state index contributed by atoms with van der Waals surface area (Å²) in [6.07, 6.45) is 3.28. The van der Waals surface area contributed by atoms with Crippen LogP contribution < -0.4 is 5.32 Å². The molecule has 2 N–H and O–H groups in total. The highest BCUT2D eigenvalue weighted by Crippen LogP contribution is 2.37. The molecule has 37 heavy (non-hydrogen) atoms. The molecule has 0 saturated carbocycles. The monoisotopic (exact) mass is 527 g/mol. The van der Waals surface area contributed by atoms with Crippen LogP contribution in [0.15, 0.2) is 97.3 Å². The summed E-state index contributed by atoms with van der Waals surface area (Å²) < 4.78 is 0. The maximum atomic E-state index is 9.64. The third kappa shape index (κ3) is 6.00. The van der Waals surface area contributed by atoms with Crippen molar-refractivity contribution in [2.45, 2.75) is 25.5 Å². The molecule has 0 bridgehead atoms. The van der Waals surface area contributed by atoms with E-state index in [1.165, 1.54) is 0 Å². The molecule has 2 aromatic heterocycles. The minimum atomic E-state index is -0.423. The minimum Gasteiger partial charge on any atom is -0.392 e. The van der Waals surface area contributed by atoms with Gasteiger partial charge in [0.15, 0.2) is 0 Å². The molecule has 2 heterocycles. The van der Waals surface area contributed by atoms with Crippen LogP contribution in [0.3, 0.4) is 0 Å². The first-order valence-corrected chi connectivity index (χ1v) is 13.0. The van der Waals surface area contributed by atoms with Crippen molar-refractivity contribution in [3.63, 3.8) is 0 Å². The number of fused-ring (bicyclic) bond motifs is 1. The number of aliphatic hydroxyl groups excluding tert-OH is 1. The van der Waals surface area contributed by atoms with Gasteiger partial charge in [0.25, 0.3) is 0 Å². The third-order valence-electron chi connectivity index (χ3n) is 6.32. The topological polar surface area (TPSA) is 58.0 Å². The highest BCUT2D eigenvalue weighted by atomic mass is 35.5. The second kappa shape index (κ2) is 11.4. The molecule has 2 atom stereocenters. The lowest BCUT2D eigenvalue weighted by atomic mass is 9.85. The van der Waals surface area contributed by atoms with E-state index in [1.54, 1.807) is 13.1 Å². The molecule has 0 aliphatic carbocycles. The van der Waals surface area contributed by atoms with Crippen LogP contribution in [-0.2, 0) is 6.54 Å². The average Bonchev–Trinajstić information content (AvgIpc) is 2.90. The number of pyridine rings is 2. The molecule has 0 aliphatic heterocycles. The lowest BCUT2D eigenvalue weighted by Gasteiger charge is -2.20. The van der Waals surface area contributed by atoms with E-state index in [-0.39, 0.29) is 5.92 Å². The number of hydrogen-bond donors (Lipinski definition) is 2. The molecule has 0 saturated heterocycles. The van der Waals surface area contributed by atoms with Gasteiger partial charge in [-0.05, 0) is 83.3 Å². The summed E-state index contributed by atoms with van der Waals surface area (Å²) >= 11 is 12.6. The van der Waals surface area contributed by atoms with Crippen molar-refractivity contribution in [3.8, 4) is 11.1 Å². The van der Waals surface area contributed by atoms with E-state index in [2.05, 4.69) is 58.8 Å². The van der Waals surface area contributed by atoms with Crippen molar-refractivity contribution in [1.29, 1.82) is 0 Å². The summed E-state index contributed by atoms with van der Waals surface area (Å²) in [4.78, 5) is 9.32. The molecule has 0 spiro atoms. The van der Waals surface area contributed by atoms with Crippen molar-refractivity contribution in [3.05, 3.63) is 130 Å². The Hall–Kier alpha value is -3.28. The largest absolute Gasteiger partial charge is 0.392 e. The summed E-state index contributed by atoms with van der Waals surface area (Å²) in [5, 5.41) is 15.3. The zero-order valence-corrected chi connectivity index (χ0v) is 21.9. The zero-order valence-electron chi connectivity index (χ0n) is 20.4. The maximum absolute atomic E-state index is 9.64. The molecule has 0 aliphatic rings. The van der Waals surface area contributed by atoms with Gasteiger partial charge < -0.3 is 10.4 Å². The van der Waals surface area contributed by atoms with Gasteiger partial charge in [0, 0.05) is 46.8 Å². The number of benzene rings is 3. The minimum absolute atomic E-state index is 0.0186. The predicted octanol–water partition coefficient (Wildman–Crippen LogP) is 7.25. The summed E-state index contributed by atoms with van der Waals surface area (Å²) in [7, 11) is 0. The Kier molecular flexibility index (Phi) is 7.82. The number of hydrogen-bond acceptors (Lipinski definition) is 4. The van der Waals surface area contributed by atoms with E-state index < -0.39 is 6.10 Å². The molecule has 0 fully saturated rings. The Balaban J connectivity index is 1.67. The molecular weight excluding hydrogens is 501 g/mol. The molecule has 2 unspecified atom stereocenters. The Morgan fingerprint density at radius 3 is 2.38 bits per heavy atom. The number of halogens is 2. The summed E-state index contributed by atoms with van der Waals surface area (Å²) in [6.45, 7) is 2.82. The van der Waals surface area contributed by atoms with E-state index in [1.807, 2.05) is 42.6 Å². The van der Waals surface area contributed by atoms with E-state index in [0.717, 1.165) is 44.4 Å². The van der Waals surface area contributed by atoms with Gasteiger partial charge in [-0.25, -0.2) is 0 Å². The fraction of sp³-hybridized carbons (Fsp3) is 0.161. The Morgan fingerprint density at radius 1 is 0.838 bits per heavy atom. The number of aromatic nitrogens is 2. The number of aliphatic hydroxyl groups is 1. The Labute approximate surface area is 226 Å². The quantitative estimate of drug-likeness (QED) is 0.223. The van der Waals surface area contributed by atoms with E-state index in [4.69, 9.17) is 28.2 Å². The molecule has 0 radical (unpaired) electrons. The van der Waals surface area contributed by atoms with Crippen LogP contribution in [0.5, 0.6) is 0 Å². The smallest absolute Gasteiger partial charge is 0.0712 e. The van der Waals surface area contributed by atoms with Crippen LogP contribution in [-0.4, -0.2) is 27.7 Å². The molecule has 6 heteroatoms. The fourth-order valence-electron chi connectivity index (χ4n) is 4.65. The molecule has 5 rings (SSSR count). The second-order valence-electron chi connectivity index (χ2n) is 9.20. The first kappa shape index (κ1) is 25.4. The Bertz CT molecular complexity index is 1510. The molecule has 4 nitrogen and oxygen atoms in total. The van der Waals surface area contributed by atoms with Gasteiger partial charge in [-0.2, -0.15) is 0 Å². The standard InChI is InChI=1S/C31H27Cl2N3O/c1-20(37)17-35-19-27-16-28(22-4-2-6-26(33)14-22)29-15-23(9-12-30(29)36-27)31(24-5-3-13-34-18-24)21-7-10-25(32)11-8-21/h2-16,18,20,31,35,37H,17,19H2,1H3. The van der Waals surface area contributed by atoms with Gasteiger partial charge in [-0.1, -0.05) is 59.6 Å². The molecular formula is C31H27Cl2N3O.